The number of carbonyl (C=O) groups is 1. The number of carbonyl (C=O) groups excluding carboxylic acids is 1. The molecule has 1 aromatic rings. The monoisotopic (exact) mass is 222 g/mol. The second-order valence-electron chi connectivity index (χ2n) is 4.27. The third kappa shape index (κ3) is 2.87. The highest BCUT2D eigenvalue weighted by molar-refractivity contribution is 5.55. The third-order valence-electron chi connectivity index (χ3n) is 2.76. The summed E-state index contributed by atoms with van der Waals surface area (Å²) >= 11 is 0. The van der Waals surface area contributed by atoms with Crippen LogP contribution in [0.15, 0.2) is 24.5 Å². The Labute approximate surface area is 95.5 Å². The van der Waals surface area contributed by atoms with E-state index in [9.17, 15) is 9.90 Å². The molecule has 3 N–H and O–H groups in total. The van der Waals surface area contributed by atoms with Gasteiger partial charge in [0, 0.05) is 29.9 Å². The van der Waals surface area contributed by atoms with Crippen molar-refractivity contribution in [3.05, 3.63) is 30.1 Å². The van der Waals surface area contributed by atoms with Gasteiger partial charge in [0.05, 0.1) is 6.10 Å². The van der Waals surface area contributed by atoms with Crippen molar-refractivity contribution in [2.24, 2.45) is 17.6 Å². The molecule has 0 aliphatic carbocycles. The molecule has 1 rings (SSSR count). The normalized spacial score (nSPS) is 16.8. The molecule has 1 aromatic heterocycles. The van der Waals surface area contributed by atoms with Crippen LogP contribution in [0.2, 0.25) is 0 Å². The van der Waals surface area contributed by atoms with Gasteiger partial charge in [0.1, 0.15) is 6.29 Å². The fourth-order valence-electron chi connectivity index (χ4n) is 1.68. The maximum absolute atomic E-state index is 10.9. The maximum Gasteiger partial charge on any atom is 0.124 e. The van der Waals surface area contributed by atoms with Crippen LogP contribution in [0.5, 0.6) is 0 Å². The lowest BCUT2D eigenvalue weighted by molar-refractivity contribution is -0.114. The molecule has 88 valence electrons. The highest BCUT2D eigenvalue weighted by Gasteiger charge is 2.27. The second-order valence-corrected chi connectivity index (χ2v) is 4.27. The van der Waals surface area contributed by atoms with E-state index >= 15 is 0 Å². The van der Waals surface area contributed by atoms with Crippen molar-refractivity contribution >= 4 is 6.29 Å². The van der Waals surface area contributed by atoms with Crippen LogP contribution in [-0.2, 0) is 4.79 Å². The summed E-state index contributed by atoms with van der Waals surface area (Å²) in [5, 5.41) is 10.0. The van der Waals surface area contributed by atoms with Gasteiger partial charge in [0.15, 0.2) is 0 Å². The van der Waals surface area contributed by atoms with E-state index < -0.39 is 12.1 Å². The van der Waals surface area contributed by atoms with E-state index in [0.29, 0.717) is 5.56 Å². The van der Waals surface area contributed by atoms with Crippen molar-refractivity contribution < 1.29 is 9.90 Å². The number of aliphatic hydroxyl groups is 1. The molecular weight excluding hydrogens is 204 g/mol. The molecule has 0 saturated heterocycles. The summed E-state index contributed by atoms with van der Waals surface area (Å²) in [5.74, 6) is -0.242. The van der Waals surface area contributed by atoms with Gasteiger partial charge < -0.3 is 15.6 Å². The zero-order chi connectivity index (χ0) is 12.1. The van der Waals surface area contributed by atoms with Crippen LogP contribution in [0.4, 0.5) is 0 Å². The highest BCUT2D eigenvalue weighted by atomic mass is 16.3. The first-order chi connectivity index (χ1) is 7.57. The predicted molar refractivity (Wildman–Crippen MR) is 61.6 cm³/mol. The number of nitrogens with zero attached hydrogens (tertiary/aromatic N) is 1. The van der Waals surface area contributed by atoms with Crippen LogP contribution in [0.1, 0.15) is 25.5 Å². The molecular formula is C12H18N2O2. The number of nitrogens with two attached hydrogens (primary N) is 1. The maximum atomic E-state index is 10.9. The van der Waals surface area contributed by atoms with Crippen LogP contribution in [0.3, 0.4) is 0 Å². The zero-order valence-electron chi connectivity index (χ0n) is 9.58. The molecule has 0 fully saturated rings. The predicted octanol–water partition coefficient (Wildman–Crippen LogP) is 0.913. The molecule has 3 unspecified atom stereocenters. The Hall–Kier alpha value is -1.26. The van der Waals surface area contributed by atoms with Crippen LogP contribution in [-0.4, -0.2) is 22.4 Å². The molecule has 0 aromatic carbocycles. The molecule has 0 bridgehead atoms. The first-order valence-corrected chi connectivity index (χ1v) is 5.36. The number of hydrogen-bond donors (Lipinski definition) is 2. The molecule has 0 aliphatic rings. The number of pyridine rings is 1. The van der Waals surface area contributed by atoms with Gasteiger partial charge in [-0.25, -0.2) is 0 Å². The fourth-order valence-corrected chi connectivity index (χ4v) is 1.68. The fraction of sp³-hybridized carbons (Fsp3) is 0.500. The Morgan fingerprint density at radius 2 is 2.19 bits per heavy atom. The molecule has 4 nitrogen and oxygen atoms in total. The lowest BCUT2D eigenvalue weighted by atomic mass is 9.85. The molecule has 0 spiro atoms. The third-order valence-corrected chi connectivity index (χ3v) is 2.76. The minimum atomic E-state index is -0.855. The average molecular weight is 222 g/mol. The van der Waals surface area contributed by atoms with Crippen LogP contribution in [0, 0.1) is 11.8 Å². The Balaban J connectivity index is 2.81. The molecule has 16 heavy (non-hydrogen) atoms. The van der Waals surface area contributed by atoms with Crippen molar-refractivity contribution in [3.63, 3.8) is 0 Å². The minimum absolute atomic E-state index is 0.110. The van der Waals surface area contributed by atoms with Crippen molar-refractivity contribution in [1.29, 1.82) is 0 Å². The molecule has 1 heterocycles. The van der Waals surface area contributed by atoms with E-state index in [0.717, 1.165) is 6.29 Å². The smallest absolute Gasteiger partial charge is 0.124 e. The first-order valence-electron chi connectivity index (χ1n) is 5.36. The molecule has 3 atom stereocenters. The van der Waals surface area contributed by atoms with E-state index in [4.69, 9.17) is 5.73 Å². The lowest BCUT2D eigenvalue weighted by Crippen LogP contribution is -2.39. The zero-order valence-corrected chi connectivity index (χ0v) is 9.58. The summed E-state index contributed by atoms with van der Waals surface area (Å²) < 4.78 is 0. The Bertz CT molecular complexity index is 327. The topological polar surface area (TPSA) is 76.2 Å². The summed E-state index contributed by atoms with van der Waals surface area (Å²) in [7, 11) is 0. The molecule has 4 heteroatoms. The number of rotatable bonds is 5. The number of aromatic nitrogens is 1. The molecule has 0 radical (unpaired) electrons. The largest absolute Gasteiger partial charge is 0.387 e. The van der Waals surface area contributed by atoms with Crippen LogP contribution >= 0.6 is 0 Å². The second kappa shape index (κ2) is 5.72. The van der Waals surface area contributed by atoms with E-state index in [2.05, 4.69) is 4.98 Å². The van der Waals surface area contributed by atoms with Crippen LogP contribution < -0.4 is 5.73 Å². The van der Waals surface area contributed by atoms with E-state index in [1.807, 2.05) is 13.8 Å². The molecule has 0 aliphatic heterocycles. The Kier molecular flexibility index (Phi) is 4.58. The summed E-state index contributed by atoms with van der Waals surface area (Å²) in [4.78, 5) is 14.8. The van der Waals surface area contributed by atoms with Gasteiger partial charge in [0.2, 0.25) is 0 Å². The Morgan fingerprint density at radius 1 is 1.50 bits per heavy atom. The highest BCUT2D eigenvalue weighted by Crippen LogP contribution is 2.23. The molecule has 0 saturated carbocycles. The summed E-state index contributed by atoms with van der Waals surface area (Å²) in [6.07, 6.45) is 3.15. The average Bonchev–Trinajstić information content (AvgIpc) is 2.29. The first kappa shape index (κ1) is 12.8. The van der Waals surface area contributed by atoms with E-state index in [1.165, 1.54) is 0 Å². The van der Waals surface area contributed by atoms with Gasteiger partial charge in [0.25, 0.3) is 0 Å². The minimum Gasteiger partial charge on any atom is -0.387 e. The van der Waals surface area contributed by atoms with Crippen molar-refractivity contribution in [2.75, 3.05) is 0 Å². The van der Waals surface area contributed by atoms with E-state index in [-0.39, 0.29) is 11.8 Å². The van der Waals surface area contributed by atoms with Crippen molar-refractivity contribution in [2.45, 2.75) is 26.0 Å². The summed E-state index contributed by atoms with van der Waals surface area (Å²) in [5.41, 5.74) is 6.54. The van der Waals surface area contributed by atoms with Gasteiger partial charge >= 0.3 is 0 Å². The summed E-state index contributed by atoms with van der Waals surface area (Å²) in [6, 6.07) is 2.89. The standard InChI is InChI=1S/C12H18N2O2/c1-8(2)10(7-15)11(13)12(16)9-4-3-5-14-6-9/h3-8,10-12,16H,13H2,1-2H3. The number of hydrogen-bond acceptors (Lipinski definition) is 4. The molecule has 0 amide bonds. The SMILES string of the molecule is CC(C)C(C=O)C(N)C(O)c1cccnc1. The quantitative estimate of drug-likeness (QED) is 0.726. The van der Waals surface area contributed by atoms with Crippen molar-refractivity contribution in [1.82, 2.24) is 4.98 Å². The number of aldehydes is 1. The Morgan fingerprint density at radius 3 is 2.62 bits per heavy atom. The number of aliphatic hydroxyl groups excluding tert-OH is 1. The van der Waals surface area contributed by atoms with Crippen molar-refractivity contribution in [3.8, 4) is 0 Å². The van der Waals surface area contributed by atoms with Gasteiger partial charge in [-0.3, -0.25) is 4.98 Å². The summed E-state index contributed by atoms with van der Waals surface area (Å²) in [6.45, 7) is 3.82. The van der Waals surface area contributed by atoms with Gasteiger partial charge in [-0.15, -0.1) is 0 Å². The lowest BCUT2D eigenvalue weighted by Gasteiger charge is -2.26. The van der Waals surface area contributed by atoms with Gasteiger partial charge in [-0.1, -0.05) is 19.9 Å². The van der Waals surface area contributed by atoms with Crippen LogP contribution in [0.25, 0.3) is 0 Å². The van der Waals surface area contributed by atoms with Gasteiger partial charge in [-0.2, -0.15) is 0 Å². The van der Waals surface area contributed by atoms with E-state index in [1.54, 1.807) is 24.5 Å². The van der Waals surface area contributed by atoms with Gasteiger partial charge in [-0.05, 0) is 12.0 Å².